The van der Waals surface area contributed by atoms with Gasteiger partial charge in [0, 0.05) is 25.7 Å². The predicted molar refractivity (Wildman–Crippen MR) is 390 cm³/mol. The molecule has 0 aromatic carbocycles. The van der Waals surface area contributed by atoms with E-state index in [-0.39, 0.29) is 25.7 Å². The number of aliphatic hydroxyl groups is 1. The van der Waals surface area contributed by atoms with E-state index < -0.39 is 97.5 Å². The summed E-state index contributed by atoms with van der Waals surface area (Å²) in [5.41, 5.74) is 0. The second-order valence-electron chi connectivity index (χ2n) is 25.6. The minimum atomic E-state index is -4.97. The fourth-order valence-electron chi connectivity index (χ4n) is 10.2. The van der Waals surface area contributed by atoms with Crippen LogP contribution in [0.4, 0.5) is 0 Å². The molecule has 0 bridgehead atoms. The van der Waals surface area contributed by atoms with Gasteiger partial charge in [-0.3, -0.25) is 37.3 Å². The van der Waals surface area contributed by atoms with Gasteiger partial charge >= 0.3 is 39.5 Å². The molecule has 0 aliphatic heterocycles. The standard InChI is InChI=1S/C77H138O17P2/c1-5-9-13-17-21-25-29-33-35-39-42-46-50-54-58-62-75(80)88-68-72(93-76(81)63-59-55-51-47-43-38-32-28-24-20-16-12-8-4)69-91-95(83,84)89-65-71(78)66-90-96(85,86)92-70-73(67-87-74(79)61-57-53-49-45-41-37-31-27-23-19-15-11-7-3)94-77(82)64-60-56-52-48-44-40-36-34-30-26-22-18-14-10-6-2/h21,25-28,30-36,71-73,78H,5-20,22-24,29,37-70H2,1-4H3,(H,83,84)(H,85,86)/b25-21-,30-26-,31-27-,32-28-,35-33-,36-34-/t71-,72+,73+/m0/s1. The molecule has 0 aromatic heterocycles. The molecule has 3 N–H and O–H groups in total. The van der Waals surface area contributed by atoms with Crippen molar-refractivity contribution in [1.29, 1.82) is 0 Å². The van der Waals surface area contributed by atoms with Gasteiger partial charge in [-0.25, -0.2) is 9.13 Å². The van der Waals surface area contributed by atoms with Gasteiger partial charge in [-0.2, -0.15) is 0 Å². The van der Waals surface area contributed by atoms with Gasteiger partial charge in [0.1, 0.15) is 19.3 Å². The van der Waals surface area contributed by atoms with Crippen LogP contribution in [0.15, 0.2) is 72.9 Å². The Balaban J connectivity index is 5.36. The number of esters is 4. The van der Waals surface area contributed by atoms with Crippen LogP contribution in [-0.2, 0) is 65.4 Å². The first-order valence-corrected chi connectivity index (χ1v) is 41.2. The Morgan fingerprint density at radius 2 is 0.542 bits per heavy atom. The quantitative estimate of drug-likeness (QED) is 0.0128. The van der Waals surface area contributed by atoms with E-state index in [0.29, 0.717) is 25.7 Å². The highest BCUT2D eigenvalue weighted by molar-refractivity contribution is 7.47. The number of allylic oxidation sites excluding steroid dienone is 12. The molecule has 0 aliphatic rings. The van der Waals surface area contributed by atoms with Crippen molar-refractivity contribution in [1.82, 2.24) is 0 Å². The molecule has 0 spiro atoms. The van der Waals surface area contributed by atoms with Gasteiger partial charge < -0.3 is 33.8 Å². The van der Waals surface area contributed by atoms with Crippen molar-refractivity contribution >= 4 is 39.5 Å². The number of ether oxygens (including phenoxy) is 4. The van der Waals surface area contributed by atoms with Gasteiger partial charge in [0.05, 0.1) is 26.4 Å². The zero-order valence-corrected chi connectivity index (χ0v) is 62.6. The smallest absolute Gasteiger partial charge is 0.462 e. The number of rotatable bonds is 72. The number of hydrogen-bond acceptors (Lipinski definition) is 15. The molecular formula is C77H138O17P2. The zero-order valence-electron chi connectivity index (χ0n) is 60.8. The van der Waals surface area contributed by atoms with Crippen LogP contribution in [0.25, 0.3) is 0 Å². The third kappa shape index (κ3) is 69.0. The normalized spacial score (nSPS) is 14.4. The monoisotopic (exact) mass is 1400 g/mol. The topological polar surface area (TPSA) is 237 Å². The molecule has 0 radical (unpaired) electrons. The van der Waals surface area contributed by atoms with Gasteiger partial charge in [0.2, 0.25) is 0 Å². The lowest BCUT2D eigenvalue weighted by Gasteiger charge is -2.21. The lowest BCUT2D eigenvalue weighted by molar-refractivity contribution is -0.161. The molecule has 0 saturated carbocycles. The Hall–Kier alpha value is -3.50. The van der Waals surface area contributed by atoms with E-state index in [1.54, 1.807) is 0 Å². The average Bonchev–Trinajstić information content (AvgIpc) is 1.17. The van der Waals surface area contributed by atoms with Gasteiger partial charge in [0.15, 0.2) is 12.2 Å². The molecule has 558 valence electrons. The van der Waals surface area contributed by atoms with Crippen LogP contribution in [0.2, 0.25) is 0 Å². The first-order chi connectivity index (χ1) is 46.7. The van der Waals surface area contributed by atoms with E-state index in [1.165, 1.54) is 96.3 Å². The Morgan fingerprint density at radius 3 is 0.865 bits per heavy atom. The number of phosphoric acid groups is 2. The molecule has 0 heterocycles. The highest BCUT2D eigenvalue weighted by Gasteiger charge is 2.30. The molecule has 0 aliphatic carbocycles. The second-order valence-corrected chi connectivity index (χ2v) is 28.5. The van der Waals surface area contributed by atoms with Crippen LogP contribution in [0, 0.1) is 0 Å². The number of phosphoric ester groups is 2. The zero-order chi connectivity index (χ0) is 70.4. The molecular weight excluding hydrogens is 1260 g/mol. The Kier molecular flexibility index (Phi) is 67.4. The van der Waals surface area contributed by atoms with E-state index in [2.05, 4.69) is 101 Å². The molecule has 17 nitrogen and oxygen atoms in total. The molecule has 5 atom stereocenters. The van der Waals surface area contributed by atoms with E-state index >= 15 is 0 Å². The number of hydrogen-bond donors (Lipinski definition) is 3. The van der Waals surface area contributed by atoms with Gasteiger partial charge in [-0.15, -0.1) is 0 Å². The van der Waals surface area contributed by atoms with E-state index in [1.807, 2.05) is 0 Å². The molecule has 96 heavy (non-hydrogen) atoms. The highest BCUT2D eigenvalue weighted by atomic mass is 31.2. The summed E-state index contributed by atoms with van der Waals surface area (Å²) in [5.74, 6) is -2.21. The summed E-state index contributed by atoms with van der Waals surface area (Å²) in [6, 6.07) is 0. The van der Waals surface area contributed by atoms with Crippen LogP contribution in [0.1, 0.15) is 336 Å². The van der Waals surface area contributed by atoms with Crippen LogP contribution in [0.5, 0.6) is 0 Å². The summed E-state index contributed by atoms with van der Waals surface area (Å²) in [7, 11) is -9.95. The third-order valence-corrected chi connectivity index (χ3v) is 18.0. The Bertz CT molecular complexity index is 2110. The Labute approximate surface area is 583 Å². The fourth-order valence-corrected chi connectivity index (χ4v) is 11.8. The van der Waals surface area contributed by atoms with Crippen molar-refractivity contribution < 1.29 is 80.2 Å². The number of unbranched alkanes of at least 4 members (excludes halogenated alkanes) is 35. The van der Waals surface area contributed by atoms with Crippen molar-refractivity contribution in [3.63, 3.8) is 0 Å². The van der Waals surface area contributed by atoms with Crippen molar-refractivity contribution in [3.05, 3.63) is 72.9 Å². The minimum Gasteiger partial charge on any atom is -0.462 e. The van der Waals surface area contributed by atoms with Crippen molar-refractivity contribution in [2.75, 3.05) is 39.6 Å². The van der Waals surface area contributed by atoms with E-state index in [4.69, 9.17) is 37.0 Å². The largest absolute Gasteiger partial charge is 0.472 e. The highest BCUT2D eigenvalue weighted by Crippen LogP contribution is 2.45. The maximum absolute atomic E-state index is 13.1. The van der Waals surface area contributed by atoms with E-state index in [0.717, 1.165) is 161 Å². The first-order valence-electron chi connectivity index (χ1n) is 38.2. The summed E-state index contributed by atoms with van der Waals surface area (Å²) in [5, 5.41) is 10.6. The van der Waals surface area contributed by atoms with Crippen molar-refractivity contribution in [3.8, 4) is 0 Å². The number of carbonyl (C=O) groups is 4. The summed E-state index contributed by atoms with van der Waals surface area (Å²) < 4.78 is 68.4. The summed E-state index contributed by atoms with van der Waals surface area (Å²) in [4.78, 5) is 72.8. The fraction of sp³-hybridized carbons (Fsp3) is 0.792. The minimum absolute atomic E-state index is 0.0780. The maximum Gasteiger partial charge on any atom is 0.472 e. The number of carbonyl (C=O) groups excluding carboxylic acids is 4. The van der Waals surface area contributed by atoms with Crippen LogP contribution < -0.4 is 0 Å². The van der Waals surface area contributed by atoms with Gasteiger partial charge in [-0.1, -0.05) is 248 Å². The Morgan fingerprint density at radius 1 is 0.302 bits per heavy atom. The van der Waals surface area contributed by atoms with Crippen LogP contribution in [0.3, 0.4) is 0 Å². The third-order valence-electron chi connectivity index (χ3n) is 16.1. The molecule has 0 amide bonds. The van der Waals surface area contributed by atoms with Gasteiger partial charge in [-0.05, 0) is 135 Å². The van der Waals surface area contributed by atoms with Crippen molar-refractivity contribution in [2.24, 2.45) is 0 Å². The van der Waals surface area contributed by atoms with Crippen LogP contribution in [-0.4, -0.2) is 96.7 Å². The lowest BCUT2D eigenvalue weighted by atomic mass is 10.1. The average molecular weight is 1400 g/mol. The molecule has 0 saturated heterocycles. The summed E-state index contributed by atoms with van der Waals surface area (Å²) in [6.45, 7) is 4.78. The molecule has 19 heteroatoms. The van der Waals surface area contributed by atoms with E-state index in [9.17, 15) is 43.2 Å². The molecule has 2 unspecified atom stereocenters. The number of aliphatic hydroxyl groups excluding tert-OH is 1. The lowest BCUT2D eigenvalue weighted by Crippen LogP contribution is -2.30. The van der Waals surface area contributed by atoms with Crippen LogP contribution >= 0.6 is 15.6 Å². The molecule has 0 aromatic rings. The molecule has 0 rings (SSSR count). The predicted octanol–water partition coefficient (Wildman–Crippen LogP) is 21.7. The van der Waals surface area contributed by atoms with Crippen molar-refractivity contribution in [2.45, 2.75) is 354 Å². The summed E-state index contributed by atoms with van der Waals surface area (Å²) >= 11 is 0. The van der Waals surface area contributed by atoms with Gasteiger partial charge in [0.25, 0.3) is 0 Å². The first kappa shape index (κ1) is 92.5. The molecule has 0 fully saturated rings. The second kappa shape index (κ2) is 70.0. The SMILES string of the molecule is CCCCC/C=C\C/C=C\CCCCCCCC(=O)OC[C@H](COP(=O)(O)OC[C@H](O)COP(=O)(O)OC[C@@H](COC(=O)CCCCCCC/C=C\CCCCCC)OC(=O)CCCCCCC/C=C\C=C/CCCCCC)OC(=O)CCCCCCC/C=C\CCCCCC. The maximum atomic E-state index is 13.1. The summed E-state index contributed by atoms with van der Waals surface area (Å²) in [6.07, 6.45) is 68.9.